The normalized spacial score (nSPS) is 26.4. The fraction of sp³-hybridized carbons (Fsp3) is 0.967. The first-order chi connectivity index (χ1) is 18.3. The predicted molar refractivity (Wildman–Crippen MR) is 150 cm³/mol. The van der Waals surface area contributed by atoms with E-state index in [9.17, 15) is 30.3 Å². The number of aliphatic hydroxyl groups excluding tert-OH is 4. The standard InChI is InChI=1S/C30H59NO7/c1-3-5-7-9-11-13-14-16-18-20-22-31-29(36)24(21-19-17-15-12-10-8-6-4-2)30(37)28(35)27(34)26(33)25(23-32)38-30/h24-28,32-35,37H,3-23H2,1-2H3,(H,31,36)/t24?,25-,26-,27+,28-,30?/m1/s1. The molecular weight excluding hydrogens is 486 g/mol. The van der Waals surface area contributed by atoms with Gasteiger partial charge in [0.05, 0.1) is 12.5 Å². The van der Waals surface area contributed by atoms with Crippen LogP contribution in [0.5, 0.6) is 0 Å². The van der Waals surface area contributed by atoms with Gasteiger partial charge in [-0.2, -0.15) is 0 Å². The first-order valence-electron chi connectivity index (χ1n) is 15.7. The van der Waals surface area contributed by atoms with Gasteiger partial charge in [-0.1, -0.05) is 123 Å². The number of hydrogen-bond acceptors (Lipinski definition) is 7. The van der Waals surface area contributed by atoms with Crippen LogP contribution in [0.2, 0.25) is 0 Å². The van der Waals surface area contributed by atoms with E-state index in [-0.39, 0.29) is 6.42 Å². The molecule has 0 saturated carbocycles. The Morgan fingerprint density at radius 1 is 0.737 bits per heavy atom. The maximum Gasteiger partial charge on any atom is 0.228 e. The summed E-state index contributed by atoms with van der Waals surface area (Å²) >= 11 is 0. The molecule has 2 unspecified atom stereocenters. The summed E-state index contributed by atoms with van der Waals surface area (Å²) < 4.78 is 5.52. The van der Waals surface area contributed by atoms with Crippen molar-refractivity contribution in [1.82, 2.24) is 5.32 Å². The summed E-state index contributed by atoms with van der Waals surface area (Å²) in [6.07, 6.45) is 14.3. The second-order valence-corrected chi connectivity index (χ2v) is 11.3. The molecule has 0 spiro atoms. The lowest BCUT2D eigenvalue weighted by Crippen LogP contribution is -2.69. The predicted octanol–water partition coefficient (Wildman–Crippen LogP) is 4.33. The Balaban J connectivity index is 2.57. The molecule has 6 N–H and O–H groups in total. The molecule has 8 heteroatoms. The lowest BCUT2D eigenvalue weighted by molar-refractivity contribution is -0.364. The fourth-order valence-corrected chi connectivity index (χ4v) is 5.42. The van der Waals surface area contributed by atoms with Crippen molar-refractivity contribution in [3.05, 3.63) is 0 Å². The molecular formula is C30H59NO7. The van der Waals surface area contributed by atoms with Gasteiger partial charge in [-0.25, -0.2) is 0 Å². The second kappa shape index (κ2) is 21.0. The number of carbonyl (C=O) groups excluding carboxylic acids is 1. The van der Waals surface area contributed by atoms with Crippen molar-refractivity contribution in [1.29, 1.82) is 0 Å². The molecule has 6 atom stereocenters. The molecule has 1 fully saturated rings. The first-order valence-corrected chi connectivity index (χ1v) is 15.7. The molecule has 0 aromatic carbocycles. The second-order valence-electron chi connectivity index (χ2n) is 11.3. The minimum atomic E-state index is -2.39. The first kappa shape index (κ1) is 35.3. The highest BCUT2D eigenvalue weighted by molar-refractivity contribution is 5.79. The van der Waals surface area contributed by atoms with E-state index in [0.29, 0.717) is 13.0 Å². The zero-order valence-electron chi connectivity index (χ0n) is 24.3. The van der Waals surface area contributed by atoms with Gasteiger partial charge in [0.1, 0.15) is 24.4 Å². The van der Waals surface area contributed by atoms with E-state index < -0.39 is 48.6 Å². The van der Waals surface area contributed by atoms with Crippen molar-refractivity contribution in [2.75, 3.05) is 13.2 Å². The van der Waals surface area contributed by atoms with Crippen molar-refractivity contribution in [3.8, 4) is 0 Å². The molecule has 1 amide bonds. The van der Waals surface area contributed by atoms with Crippen molar-refractivity contribution >= 4 is 5.91 Å². The number of ether oxygens (including phenoxy) is 1. The smallest absolute Gasteiger partial charge is 0.228 e. The highest BCUT2D eigenvalue weighted by Gasteiger charge is 2.58. The van der Waals surface area contributed by atoms with Gasteiger partial charge < -0.3 is 35.6 Å². The fourth-order valence-electron chi connectivity index (χ4n) is 5.42. The van der Waals surface area contributed by atoms with E-state index in [1.807, 2.05) is 0 Å². The third-order valence-corrected chi connectivity index (χ3v) is 7.99. The monoisotopic (exact) mass is 545 g/mol. The Morgan fingerprint density at radius 3 is 1.66 bits per heavy atom. The lowest BCUT2D eigenvalue weighted by Gasteiger charge is -2.48. The van der Waals surface area contributed by atoms with Gasteiger partial charge in [0, 0.05) is 6.54 Å². The van der Waals surface area contributed by atoms with Crippen molar-refractivity contribution in [3.63, 3.8) is 0 Å². The SMILES string of the molecule is CCCCCCCCCCCCNC(=O)C(CCCCCCCCCC)C1(O)O[C@H](CO)[C@@H](O)[C@H](O)[C@H]1O. The number of amides is 1. The summed E-state index contributed by atoms with van der Waals surface area (Å²) in [5, 5.41) is 54.9. The summed E-state index contributed by atoms with van der Waals surface area (Å²) in [4.78, 5) is 13.2. The van der Waals surface area contributed by atoms with Gasteiger partial charge in [0.2, 0.25) is 11.7 Å². The van der Waals surface area contributed by atoms with Crippen LogP contribution < -0.4 is 5.32 Å². The van der Waals surface area contributed by atoms with E-state index >= 15 is 0 Å². The van der Waals surface area contributed by atoms with E-state index in [1.165, 1.54) is 70.6 Å². The summed E-state index contributed by atoms with van der Waals surface area (Å²) in [5.74, 6) is -3.96. The average Bonchev–Trinajstić information content (AvgIpc) is 2.91. The van der Waals surface area contributed by atoms with Gasteiger partial charge in [-0.15, -0.1) is 0 Å². The third-order valence-electron chi connectivity index (χ3n) is 7.99. The number of nitrogens with one attached hydrogen (secondary N) is 1. The zero-order chi connectivity index (χ0) is 28.2. The number of rotatable bonds is 23. The molecule has 38 heavy (non-hydrogen) atoms. The van der Waals surface area contributed by atoms with Crippen LogP contribution in [0.4, 0.5) is 0 Å². The lowest BCUT2D eigenvalue weighted by atomic mass is 9.81. The molecule has 0 aliphatic carbocycles. The molecule has 0 aromatic rings. The van der Waals surface area contributed by atoms with Crippen LogP contribution in [-0.2, 0) is 9.53 Å². The van der Waals surface area contributed by atoms with Crippen LogP contribution in [0.1, 0.15) is 136 Å². The summed E-state index contributed by atoms with van der Waals surface area (Å²) in [6, 6.07) is 0. The van der Waals surface area contributed by atoms with Crippen LogP contribution in [0, 0.1) is 5.92 Å². The molecule has 1 aliphatic heterocycles. The van der Waals surface area contributed by atoms with Crippen molar-refractivity contribution in [2.45, 2.75) is 166 Å². The Hall–Kier alpha value is -0.770. The molecule has 226 valence electrons. The molecule has 1 rings (SSSR count). The molecule has 1 heterocycles. The van der Waals surface area contributed by atoms with Gasteiger partial charge in [0.15, 0.2) is 0 Å². The quantitative estimate of drug-likeness (QED) is 0.105. The van der Waals surface area contributed by atoms with Crippen molar-refractivity contribution in [2.24, 2.45) is 5.92 Å². The largest absolute Gasteiger partial charge is 0.394 e. The number of carbonyl (C=O) groups is 1. The van der Waals surface area contributed by atoms with E-state index in [0.717, 1.165) is 38.5 Å². The minimum Gasteiger partial charge on any atom is -0.394 e. The summed E-state index contributed by atoms with van der Waals surface area (Å²) in [7, 11) is 0. The van der Waals surface area contributed by atoms with Crippen molar-refractivity contribution < 1.29 is 35.1 Å². The molecule has 0 aromatic heterocycles. The van der Waals surface area contributed by atoms with Crippen LogP contribution >= 0.6 is 0 Å². The number of unbranched alkanes of at least 4 members (excludes halogenated alkanes) is 16. The summed E-state index contributed by atoms with van der Waals surface area (Å²) in [5.41, 5.74) is 0. The molecule has 8 nitrogen and oxygen atoms in total. The minimum absolute atomic E-state index is 0.271. The number of hydrogen-bond donors (Lipinski definition) is 6. The van der Waals surface area contributed by atoms with E-state index in [2.05, 4.69) is 19.2 Å². The van der Waals surface area contributed by atoms with E-state index in [1.54, 1.807) is 0 Å². The third kappa shape index (κ3) is 12.6. The molecule has 0 bridgehead atoms. The molecule has 1 aliphatic rings. The summed E-state index contributed by atoms with van der Waals surface area (Å²) in [6.45, 7) is 4.22. The zero-order valence-corrected chi connectivity index (χ0v) is 24.3. The van der Waals surface area contributed by atoms with Gasteiger partial charge in [0.25, 0.3) is 0 Å². The Morgan fingerprint density at radius 2 is 1.18 bits per heavy atom. The average molecular weight is 546 g/mol. The Kier molecular flexibility index (Phi) is 19.5. The van der Waals surface area contributed by atoms with Crippen LogP contribution in [-0.4, -0.2) is 74.8 Å². The van der Waals surface area contributed by atoms with Gasteiger partial charge in [-0.3, -0.25) is 4.79 Å². The number of aliphatic hydroxyl groups is 5. The maximum atomic E-state index is 13.2. The Labute approximate surface area is 231 Å². The van der Waals surface area contributed by atoms with Crippen LogP contribution in [0.25, 0.3) is 0 Å². The molecule has 0 radical (unpaired) electrons. The topological polar surface area (TPSA) is 139 Å². The Bertz CT molecular complexity index is 591. The highest BCUT2D eigenvalue weighted by Crippen LogP contribution is 2.36. The van der Waals surface area contributed by atoms with Crippen LogP contribution in [0.3, 0.4) is 0 Å². The maximum absolute atomic E-state index is 13.2. The van der Waals surface area contributed by atoms with E-state index in [4.69, 9.17) is 4.74 Å². The van der Waals surface area contributed by atoms with Gasteiger partial charge in [-0.05, 0) is 12.8 Å². The molecule has 1 saturated heterocycles. The van der Waals surface area contributed by atoms with Gasteiger partial charge >= 0.3 is 0 Å². The van der Waals surface area contributed by atoms with Crippen LogP contribution in [0.15, 0.2) is 0 Å². The highest BCUT2D eigenvalue weighted by atomic mass is 16.7.